The fourth-order valence-corrected chi connectivity index (χ4v) is 3.35. The summed E-state index contributed by atoms with van der Waals surface area (Å²) < 4.78 is 44.9. The zero-order valence-electron chi connectivity index (χ0n) is 13.1. The highest BCUT2D eigenvalue weighted by molar-refractivity contribution is 6.31. The van der Waals surface area contributed by atoms with E-state index in [0.29, 0.717) is 0 Å². The van der Waals surface area contributed by atoms with E-state index >= 15 is 0 Å². The number of hydrogen-bond donors (Lipinski definition) is 0. The monoisotopic (exact) mass is 369 g/mol. The molecule has 0 bridgehead atoms. The Balaban J connectivity index is 1.94. The van der Waals surface area contributed by atoms with Gasteiger partial charge >= 0.3 is 12.3 Å². The number of halogens is 4. The van der Waals surface area contributed by atoms with Crippen LogP contribution in [0.25, 0.3) is 0 Å². The van der Waals surface area contributed by atoms with Gasteiger partial charge in [-0.25, -0.2) is 4.79 Å². The first kappa shape index (κ1) is 17.6. The highest BCUT2D eigenvalue weighted by atomic mass is 35.5. The highest BCUT2D eigenvalue weighted by Gasteiger charge is 2.53. The summed E-state index contributed by atoms with van der Waals surface area (Å²) in [7, 11) is 0. The molecule has 3 rings (SSSR count). The largest absolute Gasteiger partial charge is 0.436 e. The zero-order valence-corrected chi connectivity index (χ0v) is 13.8. The first-order chi connectivity index (χ1) is 11.8. The molecule has 1 unspecified atom stereocenters. The van der Waals surface area contributed by atoms with E-state index < -0.39 is 24.3 Å². The van der Waals surface area contributed by atoms with E-state index in [-0.39, 0.29) is 23.7 Å². The van der Waals surface area contributed by atoms with Gasteiger partial charge in [-0.2, -0.15) is 13.2 Å². The van der Waals surface area contributed by atoms with E-state index in [1.807, 2.05) is 6.07 Å². The van der Waals surface area contributed by atoms with E-state index in [0.717, 1.165) is 5.56 Å². The average molecular weight is 370 g/mol. The van der Waals surface area contributed by atoms with Gasteiger partial charge in [0.15, 0.2) is 5.60 Å². The molecule has 0 spiro atoms. The van der Waals surface area contributed by atoms with Crippen molar-refractivity contribution in [1.82, 2.24) is 4.90 Å². The molecule has 2 aromatic carbocycles. The Hall–Kier alpha value is -2.21. The zero-order chi connectivity index (χ0) is 18.1. The lowest BCUT2D eigenvalue weighted by Gasteiger charge is -2.29. The van der Waals surface area contributed by atoms with E-state index in [2.05, 4.69) is 0 Å². The molecule has 0 aromatic heterocycles. The lowest BCUT2D eigenvalue weighted by molar-refractivity contribution is -0.171. The summed E-state index contributed by atoms with van der Waals surface area (Å²) in [6.07, 6.45) is -6.59. The Kier molecular flexibility index (Phi) is 4.64. The Morgan fingerprint density at radius 1 is 1.08 bits per heavy atom. The molecule has 0 saturated carbocycles. The normalized spacial score (nSPS) is 20.6. The minimum Gasteiger partial charge on any atom is -0.436 e. The molecule has 1 amide bonds. The molecule has 1 heterocycles. The number of carbonyl (C=O) groups excluding carboxylic acids is 1. The molecule has 25 heavy (non-hydrogen) atoms. The van der Waals surface area contributed by atoms with Gasteiger partial charge in [0.2, 0.25) is 0 Å². The van der Waals surface area contributed by atoms with E-state index in [4.69, 9.17) is 16.3 Å². The highest BCUT2D eigenvalue weighted by Crippen LogP contribution is 2.44. The van der Waals surface area contributed by atoms with Gasteiger partial charge in [-0.3, -0.25) is 4.90 Å². The van der Waals surface area contributed by atoms with Crippen molar-refractivity contribution in [1.29, 1.82) is 0 Å². The third-order valence-electron chi connectivity index (χ3n) is 4.05. The van der Waals surface area contributed by atoms with Crippen LogP contribution in [0.3, 0.4) is 0 Å². The fraction of sp³-hybridized carbons (Fsp3) is 0.278. The molecule has 3 nitrogen and oxygen atoms in total. The quantitative estimate of drug-likeness (QED) is 0.746. The van der Waals surface area contributed by atoms with Crippen LogP contribution in [0.5, 0.6) is 0 Å². The van der Waals surface area contributed by atoms with Crippen molar-refractivity contribution in [2.24, 2.45) is 0 Å². The molecule has 1 aliphatic rings. The Morgan fingerprint density at radius 3 is 2.36 bits per heavy atom. The maximum atomic E-state index is 13.2. The summed E-state index contributed by atoms with van der Waals surface area (Å²) in [5.41, 5.74) is -0.873. The van der Waals surface area contributed by atoms with Crippen LogP contribution < -0.4 is 0 Å². The van der Waals surface area contributed by atoms with Gasteiger partial charge in [-0.1, -0.05) is 60.1 Å². The Morgan fingerprint density at radius 2 is 1.72 bits per heavy atom. The predicted molar refractivity (Wildman–Crippen MR) is 87.1 cm³/mol. The number of carbonyl (C=O) groups is 1. The lowest BCUT2D eigenvalue weighted by atomic mass is 9.89. The molecule has 1 saturated heterocycles. The minimum absolute atomic E-state index is 0.140. The maximum Gasteiger partial charge on any atom is 0.411 e. The molecule has 2 aromatic rings. The van der Waals surface area contributed by atoms with Gasteiger partial charge in [0.05, 0.1) is 13.0 Å². The number of cyclic esters (lactones) is 1. The number of alkyl halides is 3. The van der Waals surface area contributed by atoms with Crippen LogP contribution in [0.2, 0.25) is 5.02 Å². The fourth-order valence-electron chi connectivity index (χ4n) is 3.04. The standard InChI is InChI=1S/C18H15ClF3NO2/c19-15-9-5-4-8-14(15)17(11-18(20,21)22)12-23(16(24)25-17)10-13-6-2-1-3-7-13/h1-9H,10-12H2. The second kappa shape index (κ2) is 6.59. The van der Waals surface area contributed by atoms with Crippen molar-refractivity contribution in [2.45, 2.75) is 24.7 Å². The summed E-state index contributed by atoms with van der Waals surface area (Å²) in [4.78, 5) is 13.5. The number of rotatable bonds is 4. The summed E-state index contributed by atoms with van der Waals surface area (Å²) in [6.45, 7) is -0.0479. The number of hydrogen-bond acceptors (Lipinski definition) is 2. The Bertz CT molecular complexity index is 766. The van der Waals surface area contributed by atoms with Gasteiger partial charge in [0, 0.05) is 17.1 Å². The Labute approximate surface area is 148 Å². The van der Waals surface area contributed by atoms with Crippen molar-refractivity contribution in [3.8, 4) is 0 Å². The molecule has 0 aliphatic carbocycles. The summed E-state index contributed by atoms with van der Waals surface area (Å²) >= 11 is 6.10. The lowest BCUT2D eigenvalue weighted by Crippen LogP contribution is -2.37. The number of benzene rings is 2. The van der Waals surface area contributed by atoms with Gasteiger partial charge < -0.3 is 4.74 Å². The summed E-state index contributed by atoms with van der Waals surface area (Å²) in [6, 6.07) is 15.2. The van der Waals surface area contributed by atoms with Crippen molar-refractivity contribution in [3.63, 3.8) is 0 Å². The second-order valence-electron chi connectivity index (χ2n) is 5.98. The second-order valence-corrected chi connectivity index (χ2v) is 6.38. The minimum atomic E-state index is -4.51. The molecule has 0 radical (unpaired) electrons. The summed E-state index contributed by atoms with van der Waals surface area (Å²) in [5, 5.41) is 0.140. The third kappa shape index (κ3) is 3.90. The number of amides is 1. The molecule has 1 aliphatic heterocycles. The number of nitrogens with zero attached hydrogens (tertiary/aromatic N) is 1. The van der Waals surface area contributed by atoms with Gasteiger partial charge in [-0.05, 0) is 11.6 Å². The maximum absolute atomic E-state index is 13.2. The van der Waals surface area contributed by atoms with Crippen LogP contribution in [-0.4, -0.2) is 23.7 Å². The van der Waals surface area contributed by atoms with Gasteiger partial charge in [0.25, 0.3) is 0 Å². The topological polar surface area (TPSA) is 29.5 Å². The van der Waals surface area contributed by atoms with E-state index in [1.54, 1.807) is 36.4 Å². The average Bonchev–Trinajstić information content (AvgIpc) is 2.83. The predicted octanol–water partition coefficient (Wildman–Crippen LogP) is 5.14. The van der Waals surface area contributed by atoms with E-state index in [9.17, 15) is 18.0 Å². The molecule has 7 heteroatoms. The SMILES string of the molecule is O=C1OC(CC(F)(F)F)(c2ccccc2Cl)CN1Cc1ccccc1. The smallest absolute Gasteiger partial charge is 0.411 e. The van der Waals surface area contributed by atoms with Gasteiger partial charge in [0.1, 0.15) is 0 Å². The van der Waals surface area contributed by atoms with Crippen molar-refractivity contribution >= 4 is 17.7 Å². The van der Waals surface area contributed by atoms with Crippen LogP contribution in [0.4, 0.5) is 18.0 Å². The van der Waals surface area contributed by atoms with Crippen molar-refractivity contribution in [3.05, 3.63) is 70.7 Å². The first-order valence-electron chi connectivity index (χ1n) is 7.63. The summed E-state index contributed by atoms with van der Waals surface area (Å²) in [5.74, 6) is 0. The van der Waals surface area contributed by atoms with Crippen LogP contribution in [-0.2, 0) is 16.9 Å². The molecular weight excluding hydrogens is 355 g/mol. The van der Waals surface area contributed by atoms with Crippen LogP contribution >= 0.6 is 11.6 Å². The molecular formula is C18H15ClF3NO2. The van der Waals surface area contributed by atoms with Crippen LogP contribution in [0.1, 0.15) is 17.5 Å². The van der Waals surface area contributed by atoms with Crippen molar-refractivity contribution in [2.75, 3.05) is 6.54 Å². The van der Waals surface area contributed by atoms with Crippen LogP contribution in [0, 0.1) is 0 Å². The molecule has 1 atom stereocenters. The first-order valence-corrected chi connectivity index (χ1v) is 8.00. The van der Waals surface area contributed by atoms with Crippen LogP contribution in [0.15, 0.2) is 54.6 Å². The van der Waals surface area contributed by atoms with Gasteiger partial charge in [-0.15, -0.1) is 0 Å². The molecule has 0 N–H and O–H groups in total. The molecule has 1 fully saturated rings. The third-order valence-corrected chi connectivity index (χ3v) is 4.38. The number of ether oxygens (including phenoxy) is 1. The molecule has 132 valence electrons. The van der Waals surface area contributed by atoms with E-state index in [1.165, 1.54) is 17.0 Å². The van der Waals surface area contributed by atoms with Crippen molar-refractivity contribution < 1.29 is 22.7 Å².